The van der Waals surface area contributed by atoms with E-state index in [1.807, 2.05) is 0 Å². The Kier molecular flexibility index (Phi) is 6.28. The summed E-state index contributed by atoms with van der Waals surface area (Å²) < 4.78 is 0. The molecule has 0 atom stereocenters. The van der Waals surface area contributed by atoms with E-state index in [2.05, 4.69) is 12.1 Å². The summed E-state index contributed by atoms with van der Waals surface area (Å²) in [5.74, 6) is -0.620. The Balaban J connectivity index is 3.15. The second-order valence-corrected chi connectivity index (χ2v) is 3.77. The number of rotatable bonds is 7. The molecular weight excluding hydrogens is 260 g/mol. The Labute approximate surface area is 117 Å². The van der Waals surface area contributed by atoms with Gasteiger partial charge in [0.15, 0.2) is 0 Å². The van der Waals surface area contributed by atoms with Crippen LogP contribution in [0.15, 0.2) is 43.3 Å². The molecule has 2 N–H and O–H groups in total. The van der Waals surface area contributed by atoms with Crippen LogP contribution in [-0.4, -0.2) is 30.2 Å². The molecule has 1 aromatic carbocycles. The number of hydroxylamine groups is 3. The van der Waals surface area contributed by atoms with Crippen LogP contribution in [0.3, 0.4) is 0 Å². The van der Waals surface area contributed by atoms with Crippen LogP contribution < -0.4 is 5.48 Å². The van der Waals surface area contributed by atoms with Crippen LogP contribution in [0.4, 0.5) is 0 Å². The molecule has 0 amide bonds. The number of hydrogen-bond acceptors (Lipinski definition) is 6. The zero-order valence-corrected chi connectivity index (χ0v) is 11.5. The van der Waals surface area contributed by atoms with E-state index in [4.69, 9.17) is 9.68 Å². The van der Waals surface area contributed by atoms with Crippen molar-refractivity contribution < 1.29 is 19.6 Å². The summed E-state index contributed by atoms with van der Waals surface area (Å²) >= 11 is 0. The van der Waals surface area contributed by atoms with Gasteiger partial charge in [-0.3, -0.25) is 0 Å². The van der Waals surface area contributed by atoms with Gasteiger partial charge in [0.05, 0.1) is 6.61 Å². The van der Waals surface area contributed by atoms with Gasteiger partial charge in [0, 0.05) is 20.3 Å². The normalized spacial score (nSPS) is 10.8. The van der Waals surface area contributed by atoms with Gasteiger partial charge in [-0.05, 0) is 11.1 Å². The summed E-state index contributed by atoms with van der Waals surface area (Å²) in [7, 11) is 3.10. The molecule has 0 aliphatic carbocycles. The molecule has 6 nitrogen and oxygen atoms in total. The third kappa shape index (κ3) is 4.11. The number of carbonyl (C=O) groups is 1. The Morgan fingerprint density at radius 1 is 1.50 bits per heavy atom. The molecule has 0 aliphatic rings. The standard InChI is InChI=1S/C14H18N2O4/c1-4-16(3)19-10-13(14(18)20-15-2)12-8-6-5-7-11(12)9-17/h4-8,10,15,17H,1,9H2,2-3H3/b13-10+. The van der Waals surface area contributed by atoms with Crippen LogP contribution in [0.5, 0.6) is 0 Å². The van der Waals surface area contributed by atoms with E-state index in [9.17, 15) is 9.90 Å². The van der Waals surface area contributed by atoms with Gasteiger partial charge in [0.2, 0.25) is 0 Å². The number of hydrogen-bond donors (Lipinski definition) is 2. The lowest BCUT2D eigenvalue weighted by atomic mass is 10.0. The predicted octanol–water partition coefficient (Wildman–Crippen LogP) is 1.20. The molecule has 0 bridgehead atoms. The second kappa shape index (κ2) is 7.98. The highest BCUT2D eigenvalue weighted by atomic mass is 16.7. The first kappa shape index (κ1) is 15.7. The minimum atomic E-state index is -0.620. The highest BCUT2D eigenvalue weighted by Crippen LogP contribution is 2.21. The molecule has 0 spiro atoms. The topological polar surface area (TPSA) is 71.0 Å². The summed E-state index contributed by atoms with van der Waals surface area (Å²) in [4.78, 5) is 21.9. The van der Waals surface area contributed by atoms with Crippen molar-refractivity contribution in [3.05, 3.63) is 54.4 Å². The maximum absolute atomic E-state index is 12.0. The molecule has 20 heavy (non-hydrogen) atoms. The van der Waals surface area contributed by atoms with Gasteiger partial charge < -0.3 is 14.8 Å². The van der Waals surface area contributed by atoms with E-state index in [1.54, 1.807) is 31.3 Å². The lowest BCUT2D eigenvalue weighted by molar-refractivity contribution is -0.142. The fraction of sp³-hybridized carbons (Fsp3) is 0.214. The SMILES string of the molecule is C=CN(C)O/C=C(/C(=O)ONC)c1ccccc1CO. The van der Waals surface area contributed by atoms with Gasteiger partial charge in [0.1, 0.15) is 11.8 Å². The fourth-order valence-electron chi connectivity index (χ4n) is 1.47. The molecule has 108 valence electrons. The van der Waals surface area contributed by atoms with Crippen molar-refractivity contribution in [3.8, 4) is 0 Å². The number of nitrogens with zero attached hydrogens (tertiary/aromatic N) is 1. The number of benzene rings is 1. The largest absolute Gasteiger partial charge is 0.392 e. The lowest BCUT2D eigenvalue weighted by Gasteiger charge is -2.14. The van der Waals surface area contributed by atoms with Crippen molar-refractivity contribution in [2.45, 2.75) is 6.61 Å². The second-order valence-electron chi connectivity index (χ2n) is 3.77. The summed E-state index contributed by atoms with van der Waals surface area (Å²) in [5.41, 5.74) is 3.62. The maximum atomic E-state index is 12.0. The first-order valence-corrected chi connectivity index (χ1v) is 5.93. The molecule has 0 fully saturated rings. The van der Waals surface area contributed by atoms with Gasteiger partial charge in [0.25, 0.3) is 0 Å². The monoisotopic (exact) mass is 278 g/mol. The lowest BCUT2D eigenvalue weighted by Crippen LogP contribution is -2.18. The molecule has 0 aliphatic heterocycles. The summed E-state index contributed by atoms with van der Waals surface area (Å²) in [6, 6.07) is 6.94. The van der Waals surface area contributed by atoms with Crippen LogP contribution >= 0.6 is 0 Å². The molecule has 1 aromatic rings. The average molecular weight is 278 g/mol. The van der Waals surface area contributed by atoms with E-state index in [0.717, 1.165) is 0 Å². The van der Waals surface area contributed by atoms with Gasteiger partial charge in [-0.25, -0.2) is 9.86 Å². The van der Waals surface area contributed by atoms with Crippen LogP contribution in [-0.2, 0) is 21.1 Å². The Morgan fingerprint density at radius 2 is 2.20 bits per heavy atom. The molecule has 0 saturated heterocycles. The van der Waals surface area contributed by atoms with E-state index < -0.39 is 5.97 Å². The zero-order chi connectivity index (χ0) is 15.0. The smallest absolute Gasteiger partial charge is 0.360 e. The Morgan fingerprint density at radius 3 is 2.80 bits per heavy atom. The van der Waals surface area contributed by atoms with E-state index in [-0.39, 0.29) is 12.2 Å². The summed E-state index contributed by atoms with van der Waals surface area (Å²) in [5, 5.41) is 10.7. The molecular formula is C14H18N2O4. The first-order chi connectivity index (χ1) is 9.63. The van der Waals surface area contributed by atoms with Crippen molar-refractivity contribution in [2.24, 2.45) is 0 Å². The highest BCUT2D eigenvalue weighted by molar-refractivity contribution is 6.16. The number of aliphatic hydroxyl groups excluding tert-OH is 1. The van der Waals surface area contributed by atoms with Crippen LogP contribution in [0.1, 0.15) is 11.1 Å². The third-order valence-corrected chi connectivity index (χ3v) is 2.49. The Hall–Kier alpha value is -2.31. The zero-order valence-electron chi connectivity index (χ0n) is 11.5. The minimum absolute atomic E-state index is 0.178. The highest BCUT2D eigenvalue weighted by Gasteiger charge is 2.17. The Bertz CT molecular complexity index is 500. The molecule has 6 heteroatoms. The van der Waals surface area contributed by atoms with Crippen LogP contribution in [0.25, 0.3) is 5.57 Å². The van der Waals surface area contributed by atoms with E-state index in [0.29, 0.717) is 11.1 Å². The number of carbonyl (C=O) groups excluding carboxylic acids is 1. The molecule has 0 radical (unpaired) electrons. The third-order valence-electron chi connectivity index (χ3n) is 2.49. The quantitative estimate of drug-likeness (QED) is 0.444. The molecule has 0 saturated carbocycles. The summed E-state index contributed by atoms with van der Waals surface area (Å²) in [6.07, 6.45) is 2.69. The molecule has 0 aromatic heterocycles. The predicted molar refractivity (Wildman–Crippen MR) is 74.5 cm³/mol. The van der Waals surface area contributed by atoms with Crippen LogP contribution in [0, 0.1) is 0 Å². The van der Waals surface area contributed by atoms with Gasteiger partial charge in [-0.1, -0.05) is 30.8 Å². The van der Waals surface area contributed by atoms with Crippen molar-refractivity contribution in [1.82, 2.24) is 10.5 Å². The minimum Gasteiger partial charge on any atom is -0.392 e. The summed E-state index contributed by atoms with van der Waals surface area (Å²) in [6.45, 7) is 3.33. The van der Waals surface area contributed by atoms with E-state index in [1.165, 1.54) is 24.6 Å². The number of aliphatic hydroxyl groups is 1. The van der Waals surface area contributed by atoms with Crippen LogP contribution in [0.2, 0.25) is 0 Å². The van der Waals surface area contributed by atoms with Crippen molar-refractivity contribution in [3.63, 3.8) is 0 Å². The average Bonchev–Trinajstić information content (AvgIpc) is 2.47. The van der Waals surface area contributed by atoms with Gasteiger partial charge in [-0.2, -0.15) is 5.48 Å². The van der Waals surface area contributed by atoms with Crippen molar-refractivity contribution >= 4 is 11.5 Å². The van der Waals surface area contributed by atoms with Crippen molar-refractivity contribution in [1.29, 1.82) is 0 Å². The van der Waals surface area contributed by atoms with Crippen molar-refractivity contribution in [2.75, 3.05) is 14.1 Å². The van der Waals surface area contributed by atoms with Gasteiger partial charge in [-0.15, -0.1) is 0 Å². The maximum Gasteiger partial charge on any atom is 0.360 e. The van der Waals surface area contributed by atoms with E-state index >= 15 is 0 Å². The molecule has 0 unspecified atom stereocenters. The molecule has 1 rings (SSSR count). The first-order valence-electron chi connectivity index (χ1n) is 5.93. The fourth-order valence-corrected chi connectivity index (χ4v) is 1.47. The number of nitrogens with one attached hydrogen (secondary N) is 1. The van der Waals surface area contributed by atoms with Gasteiger partial charge >= 0.3 is 5.97 Å². The molecule has 0 heterocycles.